The molecule has 36 heavy (non-hydrogen) atoms. The molecule has 8 nitrogen and oxygen atoms in total. The van der Waals surface area contributed by atoms with Gasteiger partial charge in [0.2, 0.25) is 5.91 Å². The van der Waals surface area contributed by atoms with Gasteiger partial charge in [-0.25, -0.2) is 9.97 Å². The fourth-order valence-corrected chi connectivity index (χ4v) is 4.75. The van der Waals surface area contributed by atoms with Gasteiger partial charge in [0.25, 0.3) is 5.89 Å². The first-order chi connectivity index (χ1) is 17.5. The number of nitrogens with zero attached hydrogens (tertiary/aromatic N) is 5. The lowest BCUT2D eigenvalue weighted by molar-refractivity contribution is -0.120. The molecule has 0 atom stereocenters. The van der Waals surface area contributed by atoms with Gasteiger partial charge in [0.1, 0.15) is 11.5 Å². The van der Waals surface area contributed by atoms with Crippen LogP contribution in [-0.2, 0) is 4.79 Å². The third-order valence-electron chi connectivity index (χ3n) is 6.32. The van der Waals surface area contributed by atoms with Crippen LogP contribution in [0.2, 0.25) is 10.0 Å². The van der Waals surface area contributed by atoms with Crippen molar-refractivity contribution in [1.29, 1.82) is 0 Å². The van der Waals surface area contributed by atoms with E-state index in [9.17, 15) is 4.79 Å². The standard InChI is InChI=1S/C26H20Cl2N6O2/c27-18-3-6-20-16(13-18)1-5-22(29-20)25-32-33-26(36-25)34-11-9-15(10-12-34)24(35)31-23-8-2-17-14-19(28)4-7-21(17)30-23/h1-8,13-15H,9-12H2,(H,30,31,35). The zero-order valence-corrected chi connectivity index (χ0v) is 20.5. The van der Waals surface area contributed by atoms with Gasteiger partial charge in [-0.1, -0.05) is 34.4 Å². The number of benzene rings is 2. The number of rotatable bonds is 4. The molecule has 1 aliphatic heterocycles. The van der Waals surface area contributed by atoms with Crippen molar-refractivity contribution in [2.24, 2.45) is 5.92 Å². The van der Waals surface area contributed by atoms with Gasteiger partial charge < -0.3 is 14.6 Å². The van der Waals surface area contributed by atoms with E-state index in [1.54, 1.807) is 18.2 Å². The van der Waals surface area contributed by atoms with Crippen LogP contribution in [0.1, 0.15) is 12.8 Å². The molecule has 0 bridgehead atoms. The van der Waals surface area contributed by atoms with Crippen LogP contribution in [0, 0.1) is 5.92 Å². The zero-order chi connectivity index (χ0) is 24.6. The third-order valence-corrected chi connectivity index (χ3v) is 6.79. The number of carbonyl (C=O) groups excluding carboxylic acids is 1. The third kappa shape index (κ3) is 4.57. The van der Waals surface area contributed by atoms with E-state index in [2.05, 4.69) is 25.5 Å². The van der Waals surface area contributed by atoms with Crippen LogP contribution >= 0.6 is 23.2 Å². The molecule has 2 aromatic carbocycles. The number of halogens is 2. The monoisotopic (exact) mass is 518 g/mol. The molecular weight excluding hydrogens is 499 g/mol. The van der Waals surface area contributed by atoms with E-state index in [1.807, 2.05) is 47.4 Å². The normalized spacial score (nSPS) is 14.4. The molecule has 4 heterocycles. The second kappa shape index (κ2) is 9.37. The number of carbonyl (C=O) groups is 1. The second-order valence-electron chi connectivity index (χ2n) is 8.71. The molecule has 1 amide bonds. The lowest BCUT2D eigenvalue weighted by atomic mass is 9.96. The molecule has 6 rings (SSSR count). The van der Waals surface area contributed by atoms with Gasteiger partial charge in [-0.3, -0.25) is 4.79 Å². The van der Waals surface area contributed by atoms with Crippen LogP contribution in [0.25, 0.3) is 33.4 Å². The lowest BCUT2D eigenvalue weighted by Gasteiger charge is -2.29. The highest BCUT2D eigenvalue weighted by atomic mass is 35.5. The summed E-state index contributed by atoms with van der Waals surface area (Å²) in [5, 5.41) is 14.5. The summed E-state index contributed by atoms with van der Waals surface area (Å²) in [4.78, 5) is 24.0. The Balaban J connectivity index is 1.09. The fourth-order valence-electron chi connectivity index (χ4n) is 4.39. The maximum absolute atomic E-state index is 12.9. The SMILES string of the molecule is O=C(Nc1ccc2cc(Cl)ccc2n1)C1CCN(c2nnc(-c3ccc4cc(Cl)ccc4n3)o2)CC1. The molecule has 3 aromatic heterocycles. The van der Waals surface area contributed by atoms with Gasteiger partial charge >= 0.3 is 6.01 Å². The Labute approximate surface area is 216 Å². The lowest BCUT2D eigenvalue weighted by Crippen LogP contribution is -2.38. The molecule has 0 spiro atoms. The molecule has 0 saturated carbocycles. The van der Waals surface area contributed by atoms with Crippen molar-refractivity contribution in [1.82, 2.24) is 20.2 Å². The second-order valence-corrected chi connectivity index (χ2v) is 9.58. The van der Waals surface area contributed by atoms with Crippen LogP contribution < -0.4 is 10.2 Å². The highest BCUT2D eigenvalue weighted by Gasteiger charge is 2.28. The fraction of sp³-hybridized carbons (Fsp3) is 0.192. The largest absolute Gasteiger partial charge is 0.402 e. The molecule has 1 aliphatic rings. The summed E-state index contributed by atoms with van der Waals surface area (Å²) in [5.41, 5.74) is 2.18. The minimum absolute atomic E-state index is 0.0397. The van der Waals surface area contributed by atoms with E-state index in [0.717, 1.165) is 21.8 Å². The van der Waals surface area contributed by atoms with Crippen LogP contribution in [0.15, 0.2) is 65.1 Å². The minimum Gasteiger partial charge on any atom is -0.402 e. The summed E-state index contributed by atoms with van der Waals surface area (Å²) in [6.45, 7) is 1.26. The first-order valence-electron chi connectivity index (χ1n) is 11.5. The van der Waals surface area contributed by atoms with Crippen molar-refractivity contribution in [3.05, 3.63) is 70.7 Å². The highest BCUT2D eigenvalue weighted by Crippen LogP contribution is 2.28. The molecule has 1 N–H and O–H groups in total. The van der Waals surface area contributed by atoms with Crippen LogP contribution in [0.3, 0.4) is 0 Å². The van der Waals surface area contributed by atoms with Crippen LogP contribution in [0.5, 0.6) is 0 Å². The first kappa shape index (κ1) is 22.7. The molecular formula is C26H20Cl2N6O2. The number of amides is 1. The van der Waals surface area contributed by atoms with E-state index in [4.69, 9.17) is 27.6 Å². The molecule has 0 unspecified atom stereocenters. The Bertz CT molecular complexity index is 1600. The van der Waals surface area contributed by atoms with Crippen molar-refractivity contribution in [3.63, 3.8) is 0 Å². The predicted octanol–water partition coefficient (Wildman–Crippen LogP) is 5.99. The van der Waals surface area contributed by atoms with Crippen molar-refractivity contribution < 1.29 is 9.21 Å². The topological polar surface area (TPSA) is 97.0 Å². The Hall–Kier alpha value is -3.75. The van der Waals surface area contributed by atoms with E-state index in [-0.39, 0.29) is 11.8 Å². The Kier molecular flexibility index (Phi) is 5.91. The van der Waals surface area contributed by atoms with Crippen molar-refractivity contribution in [2.75, 3.05) is 23.3 Å². The summed E-state index contributed by atoms with van der Waals surface area (Å²) in [6, 6.07) is 18.9. The van der Waals surface area contributed by atoms with Crippen LogP contribution in [0.4, 0.5) is 11.8 Å². The summed E-state index contributed by atoms with van der Waals surface area (Å²) in [5.74, 6) is 0.719. The van der Waals surface area contributed by atoms with Gasteiger partial charge in [-0.05, 0) is 67.4 Å². The van der Waals surface area contributed by atoms with Gasteiger partial charge in [0, 0.05) is 39.8 Å². The van der Waals surface area contributed by atoms with E-state index >= 15 is 0 Å². The number of anilines is 2. The van der Waals surface area contributed by atoms with Gasteiger partial charge in [0.05, 0.1) is 11.0 Å². The molecule has 1 saturated heterocycles. The maximum Gasteiger partial charge on any atom is 0.318 e. The van der Waals surface area contributed by atoms with Crippen molar-refractivity contribution >= 4 is 62.7 Å². The van der Waals surface area contributed by atoms with Crippen molar-refractivity contribution in [3.8, 4) is 11.6 Å². The Morgan fingerprint density at radius 3 is 2.25 bits per heavy atom. The number of pyridine rings is 2. The van der Waals surface area contributed by atoms with Crippen molar-refractivity contribution in [2.45, 2.75) is 12.8 Å². The van der Waals surface area contributed by atoms with Gasteiger partial charge in [-0.15, -0.1) is 5.10 Å². The van der Waals surface area contributed by atoms with E-state index < -0.39 is 0 Å². The molecule has 0 aliphatic carbocycles. The average Bonchev–Trinajstić information content (AvgIpc) is 3.39. The average molecular weight is 519 g/mol. The van der Waals surface area contributed by atoms with E-state index in [0.29, 0.717) is 59.4 Å². The minimum atomic E-state index is -0.125. The maximum atomic E-state index is 12.9. The number of nitrogens with one attached hydrogen (secondary N) is 1. The Morgan fingerprint density at radius 1 is 0.861 bits per heavy atom. The molecule has 5 aromatic rings. The summed E-state index contributed by atoms with van der Waals surface area (Å²) in [7, 11) is 0. The molecule has 180 valence electrons. The summed E-state index contributed by atoms with van der Waals surface area (Å²) in [6.07, 6.45) is 1.34. The number of hydrogen-bond acceptors (Lipinski definition) is 7. The quantitative estimate of drug-likeness (QED) is 0.311. The zero-order valence-electron chi connectivity index (χ0n) is 19.0. The summed E-state index contributed by atoms with van der Waals surface area (Å²) < 4.78 is 5.92. The molecule has 0 radical (unpaired) electrons. The van der Waals surface area contributed by atoms with Crippen LogP contribution in [-0.4, -0.2) is 39.2 Å². The van der Waals surface area contributed by atoms with E-state index in [1.165, 1.54) is 0 Å². The Morgan fingerprint density at radius 2 is 1.53 bits per heavy atom. The first-order valence-corrected chi connectivity index (χ1v) is 12.3. The molecule has 1 fully saturated rings. The highest BCUT2D eigenvalue weighted by molar-refractivity contribution is 6.31. The number of aromatic nitrogens is 4. The number of hydrogen-bond donors (Lipinski definition) is 1. The van der Waals surface area contributed by atoms with Gasteiger partial charge in [-0.2, -0.15) is 0 Å². The summed E-state index contributed by atoms with van der Waals surface area (Å²) >= 11 is 12.1. The molecule has 10 heteroatoms. The van der Waals surface area contributed by atoms with Gasteiger partial charge in [0.15, 0.2) is 0 Å². The number of piperidine rings is 1. The predicted molar refractivity (Wildman–Crippen MR) is 140 cm³/mol. The smallest absolute Gasteiger partial charge is 0.318 e. The number of fused-ring (bicyclic) bond motifs is 2.